The molecule has 2 N–H and O–H groups in total. The van der Waals surface area contributed by atoms with Gasteiger partial charge < -0.3 is 15.2 Å². The van der Waals surface area contributed by atoms with Gasteiger partial charge in [-0.2, -0.15) is 0 Å². The van der Waals surface area contributed by atoms with Gasteiger partial charge in [-0.15, -0.1) is 21.5 Å². The van der Waals surface area contributed by atoms with Crippen molar-refractivity contribution in [2.75, 3.05) is 32.7 Å². The third-order valence-electron chi connectivity index (χ3n) is 5.09. The van der Waals surface area contributed by atoms with Crippen LogP contribution in [0, 0.1) is 0 Å². The number of aryl methyl sites for hydroxylation is 1. The van der Waals surface area contributed by atoms with E-state index in [-0.39, 0.29) is 0 Å². The van der Waals surface area contributed by atoms with Crippen molar-refractivity contribution in [2.24, 2.45) is 4.99 Å². The van der Waals surface area contributed by atoms with Crippen molar-refractivity contribution < 1.29 is 0 Å². The summed E-state index contributed by atoms with van der Waals surface area (Å²) in [6.07, 6.45) is 5.23. The minimum atomic E-state index is 0.352. The van der Waals surface area contributed by atoms with Crippen molar-refractivity contribution in [2.45, 2.75) is 45.7 Å². The molecule has 1 unspecified atom stereocenters. The monoisotopic (exact) mass is 415 g/mol. The second-order valence-electron chi connectivity index (χ2n) is 7.50. The summed E-state index contributed by atoms with van der Waals surface area (Å²) in [4.78, 5) is 8.90. The number of hydrogen-bond acceptors (Lipinski definition) is 5. The number of nitrogens with one attached hydrogen (secondary N) is 2. The van der Waals surface area contributed by atoms with Crippen molar-refractivity contribution in [1.82, 2.24) is 30.3 Å². The fourth-order valence-electron chi connectivity index (χ4n) is 3.54. The number of aromatic nitrogens is 3. The largest absolute Gasteiger partial charge is 0.355 e. The van der Waals surface area contributed by atoms with Crippen molar-refractivity contribution >= 4 is 17.3 Å². The summed E-state index contributed by atoms with van der Waals surface area (Å²) >= 11 is 1.82. The van der Waals surface area contributed by atoms with Gasteiger partial charge in [-0.05, 0) is 44.3 Å². The first kappa shape index (κ1) is 21.5. The van der Waals surface area contributed by atoms with E-state index in [4.69, 9.17) is 4.99 Å². The lowest BCUT2D eigenvalue weighted by Gasteiger charge is -2.25. The van der Waals surface area contributed by atoms with Crippen LogP contribution in [-0.2, 0) is 13.0 Å². The van der Waals surface area contributed by atoms with Crippen LogP contribution in [0.3, 0.4) is 0 Å². The first-order valence-corrected chi connectivity index (χ1v) is 11.4. The molecular weight excluding hydrogens is 382 g/mol. The molecule has 0 bridgehead atoms. The van der Waals surface area contributed by atoms with E-state index >= 15 is 0 Å². The molecule has 0 amide bonds. The standard InChI is InChI=1S/C21H33N7S/c1-4-20-26-25-16-28(20)12-9-22-21(23-14-17(2)3)24-15-18(19-8-7-13-29-19)27-10-5-6-11-27/h7-8,13,16,18H,2,4-6,9-12,14-15H2,1,3H3,(H2,22,23,24). The number of likely N-dealkylation sites (tertiary alicyclic amines) is 1. The van der Waals surface area contributed by atoms with Crippen LogP contribution in [0.5, 0.6) is 0 Å². The van der Waals surface area contributed by atoms with Crippen LogP contribution in [0.25, 0.3) is 0 Å². The quantitative estimate of drug-likeness (QED) is 0.355. The molecule has 0 aliphatic carbocycles. The molecule has 1 aliphatic rings. The SMILES string of the molecule is C=C(C)CNC(=NCC(c1cccs1)N1CCCC1)NCCn1cnnc1CC. The molecule has 158 valence electrons. The Kier molecular flexibility index (Phi) is 8.25. The van der Waals surface area contributed by atoms with Crippen LogP contribution in [0.4, 0.5) is 0 Å². The Hall–Kier alpha value is -2.19. The Morgan fingerprint density at radius 3 is 2.86 bits per heavy atom. The third kappa shape index (κ3) is 6.40. The molecule has 2 aromatic heterocycles. The van der Waals surface area contributed by atoms with E-state index in [9.17, 15) is 0 Å². The predicted octanol–water partition coefficient (Wildman–Crippen LogP) is 2.85. The summed E-state index contributed by atoms with van der Waals surface area (Å²) in [6.45, 7) is 13.5. The lowest BCUT2D eigenvalue weighted by atomic mass is 10.2. The zero-order valence-electron chi connectivity index (χ0n) is 17.6. The number of nitrogens with zero attached hydrogens (tertiary/aromatic N) is 5. The molecule has 0 aromatic carbocycles. The molecule has 0 spiro atoms. The lowest BCUT2D eigenvalue weighted by molar-refractivity contribution is 0.255. The fourth-order valence-corrected chi connectivity index (χ4v) is 4.39. The molecular formula is C21H33N7S. The van der Waals surface area contributed by atoms with Gasteiger partial charge in [-0.3, -0.25) is 9.89 Å². The Morgan fingerprint density at radius 2 is 2.17 bits per heavy atom. The fraction of sp³-hybridized carbons (Fsp3) is 0.571. The van der Waals surface area contributed by atoms with Crippen LogP contribution >= 0.6 is 11.3 Å². The summed E-state index contributed by atoms with van der Waals surface area (Å²) < 4.78 is 2.09. The summed E-state index contributed by atoms with van der Waals surface area (Å²) in [6, 6.07) is 4.72. The molecule has 1 aliphatic heterocycles. The van der Waals surface area contributed by atoms with Gasteiger partial charge in [0.1, 0.15) is 12.2 Å². The maximum absolute atomic E-state index is 4.94. The first-order valence-electron chi connectivity index (χ1n) is 10.5. The number of aliphatic imine (C=N–C) groups is 1. The zero-order valence-corrected chi connectivity index (χ0v) is 18.4. The van der Waals surface area contributed by atoms with Gasteiger partial charge >= 0.3 is 0 Å². The summed E-state index contributed by atoms with van der Waals surface area (Å²) in [5.74, 6) is 1.84. The molecule has 0 saturated carbocycles. The normalized spacial score (nSPS) is 16.1. The highest BCUT2D eigenvalue weighted by atomic mass is 32.1. The van der Waals surface area contributed by atoms with Crippen LogP contribution in [0.15, 0.2) is 41.0 Å². The van der Waals surface area contributed by atoms with Crippen molar-refractivity contribution in [3.05, 3.63) is 46.7 Å². The Morgan fingerprint density at radius 1 is 1.34 bits per heavy atom. The van der Waals surface area contributed by atoms with Crippen molar-refractivity contribution in [3.8, 4) is 0 Å². The second-order valence-corrected chi connectivity index (χ2v) is 8.47. The minimum absolute atomic E-state index is 0.352. The van der Waals surface area contributed by atoms with E-state index in [1.54, 1.807) is 6.33 Å². The van der Waals surface area contributed by atoms with E-state index < -0.39 is 0 Å². The van der Waals surface area contributed by atoms with Gasteiger partial charge in [-0.25, -0.2) is 0 Å². The maximum Gasteiger partial charge on any atom is 0.191 e. The molecule has 1 atom stereocenters. The summed E-state index contributed by atoms with van der Waals surface area (Å²) in [5, 5.41) is 17.2. The van der Waals surface area contributed by atoms with E-state index in [0.29, 0.717) is 12.6 Å². The van der Waals surface area contributed by atoms with Gasteiger partial charge in [0, 0.05) is 30.9 Å². The minimum Gasteiger partial charge on any atom is -0.355 e. The van der Waals surface area contributed by atoms with E-state index in [2.05, 4.69) is 61.3 Å². The molecule has 7 nitrogen and oxygen atoms in total. The van der Waals surface area contributed by atoms with Gasteiger partial charge in [0.25, 0.3) is 0 Å². The molecule has 3 rings (SSSR count). The van der Waals surface area contributed by atoms with Crippen molar-refractivity contribution in [3.63, 3.8) is 0 Å². The second kappa shape index (κ2) is 11.1. The molecule has 2 aromatic rings. The molecule has 0 radical (unpaired) electrons. The van der Waals surface area contributed by atoms with E-state index in [0.717, 1.165) is 56.5 Å². The first-order chi connectivity index (χ1) is 14.2. The van der Waals surface area contributed by atoms with E-state index in [1.165, 1.54) is 17.7 Å². The summed E-state index contributed by atoms with van der Waals surface area (Å²) in [5.41, 5.74) is 1.08. The van der Waals surface area contributed by atoms with Crippen LogP contribution in [0.1, 0.15) is 43.4 Å². The van der Waals surface area contributed by atoms with Crippen LogP contribution < -0.4 is 10.6 Å². The topological polar surface area (TPSA) is 70.4 Å². The predicted molar refractivity (Wildman–Crippen MR) is 120 cm³/mol. The third-order valence-corrected chi connectivity index (χ3v) is 6.06. The van der Waals surface area contributed by atoms with Crippen molar-refractivity contribution in [1.29, 1.82) is 0 Å². The highest BCUT2D eigenvalue weighted by Crippen LogP contribution is 2.28. The number of rotatable bonds is 10. The highest BCUT2D eigenvalue weighted by molar-refractivity contribution is 7.10. The molecule has 3 heterocycles. The number of thiophene rings is 1. The number of guanidine groups is 1. The van der Waals surface area contributed by atoms with Gasteiger partial charge in [0.05, 0.1) is 12.6 Å². The van der Waals surface area contributed by atoms with Gasteiger partial charge in [0.15, 0.2) is 5.96 Å². The average Bonchev–Trinajstić information content (AvgIpc) is 3.48. The van der Waals surface area contributed by atoms with Gasteiger partial charge in [-0.1, -0.05) is 25.1 Å². The Labute approximate surface area is 177 Å². The molecule has 1 saturated heterocycles. The van der Waals surface area contributed by atoms with E-state index in [1.807, 2.05) is 18.3 Å². The smallest absolute Gasteiger partial charge is 0.191 e. The molecule has 29 heavy (non-hydrogen) atoms. The van der Waals surface area contributed by atoms with Crippen LogP contribution in [0.2, 0.25) is 0 Å². The highest BCUT2D eigenvalue weighted by Gasteiger charge is 2.24. The molecule has 1 fully saturated rings. The number of hydrogen-bond donors (Lipinski definition) is 2. The Bertz CT molecular complexity index is 775. The maximum atomic E-state index is 4.94. The lowest BCUT2D eigenvalue weighted by Crippen LogP contribution is -2.40. The Balaban J connectivity index is 1.63. The molecule has 8 heteroatoms. The zero-order chi connectivity index (χ0) is 20.5. The van der Waals surface area contributed by atoms with Crippen LogP contribution in [-0.4, -0.2) is 58.3 Å². The summed E-state index contributed by atoms with van der Waals surface area (Å²) in [7, 11) is 0. The average molecular weight is 416 g/mol. The van der Waals surface area contributed by atoms with Gasteiger partial charge in [0.2, 0.25) is 0 Å².